The molecule has 1 radical (unpaired) electrons. The first-order valence-corrected chi connectivity index (χ1v) is 12.8. The van der Waals surface area contributed by atoms with E-state index in [2.05, 4.69) is 0 Å². The van der Waals surface area contributed by atoms with E-state index in [1.807, 2.05) is 24.3 Å². The molecule has 10 nitrogen and oxygen atoms in total. The fourth-order valence-corrected chi connectivity index (χ4v) is 4.05. The van der Waals surface area contributed by atoms with Crippen LogP contribution in [0.1, 0.15) is 43.7 Å². The van der Waals surface area contributed by atoms with E-state index in [1.165, 1.54) is 0 Å². The smallest absolute Gasteiger partial charge is 0.300 e. The zero-order chi connectivity index (χ0) is 27.2. The molecule has 2 aromatic rings. The second-order valence-electron chi connectivity index (χ2n) is 8.80. The van der Waals surface area contributed by atoms with Gasteiger partial charge in [-0.3, -0.25) is 14.8 Å². The van der Waals surface area contributed by atoms with Gasteiger partial charge in [0.15, 0.2) is 23.0 Å². The van der Waals surface area contributed by atoms with Crippen LogP contribution in [0.15, 0.2) is 46.4 Å². The van der Waals surface area contributed by atoms with E-state index in [9.17, 15) is 10.2 Å². The Morgan fingerprint density at radius 2 is 1.13 bits per heavy atom. The topological polar surface area (TPSA) is 139 Å². The molecule has 1 aliphatic carbocycles. The molecule has 0 saturated heterocycles. The Morgan fingerprint density at radius 1 is 0.744 bits per heavy atom. The number of carboxylic acids is 1. The molecule has 2 unspecified atom stereocenters. The van der Waals surface area contributed by atoms with Crippen molar-refractivity contribution < 1.29 is 56.1 Å². The maximum absolute atomic E-state index is 10.6. The molecule has 213 valence electrons. The van der Waals surface area contributed by atoms with Crippen molar-refractivity contribution in [3.8, 4) is 23.0 Å². The van der Waals surface area contributed by atoms with Crippen LogP contribution >= 0.6 is 0 Å². The molecule has 4 rings (SSSR count). The van der Waals surface area contributed by atoms with Gasteiger partial charge in [0, 0.05) is 47.5 Å². The Balaban J connectivity index is 0.000000998. The van der Waals surface area contributed by atoms with Gasteiger partial charge < -0.3 is 34.3 Å². The van der Waals surface area contributed by atoms with Crippen LogP contribution in [0.25, 0.3) is 0 Å². The normalized spacial score (nSPS) is 20.1. The van der Waals surface area contributed by atoms with Crippen LogP contribution in [0.3, 0.4) is 0 Å². The molecule has 1 heterocycles. The zero-order valence-electron chi connectivity index (χ0n) is 22.0. The van der Waals surface area contributed by atoms with E-state index in [4.69, 9.17) is 38.8 Å². The third-order valence-electron chi connectivity index (χ3n) is 5.91. The van der Waals surface area contributed by atoms with Gasteiger partial charge in [-0.15, -0.1) is 0 Å². The number of phenols is 2. The van der Waals surface area contributed by atoms with Crippen LogP contribution in [0, 0.1) is 0 Å². The summed E-state index contributed by atoms with van der Waals surface area (Å²) in [6, 6.07) is 10.7. The van der Waals surface area contributed by atoms with E-state index in [0.717, 1.165) is 32.6 Å². The molecule has 0 aromatic heterocycles. The number of ether oxygens (including phenoxy) is 4. The first-order valence-electron chi connectivity index (χ1n) is 12.8. The van der Waals surface area contributed by atoms with Gasteiger partial charge in [-0.05, 0) is 37.1 Å². The van der Waals surface area contributed by atoms with Gasteiger partial charge in [0.05, 0.1) is 38.5 Å². The van der Waals surface area contributed by atoms with Crippen molar-refractivity contribution in [3.63, 3.8) is 0 Å². The molecule has 0 spiro atoms. The Hall–Kier alpha value is -3.11. The Labute approximate surface area is 239 Å². The second kappa shape index (κ2) is 17.5. The van der Waals surface area contributed by atoms with Crippen LogP contribution < -0.4 is 9.47 Å². The van der Waals surface area contributed by atoms with Gasteiger partial charge in [-0.1, -0.05) is 25.0 Å². The number of para-hydroxylation sites is 2. The molecule has 3 N–H and O–H groups in total. The number of aliphatic imine (C=N–C) groups is 2. The van der Waals surface area contributed by atoms with Crippen molar-refractivity contribution in [2.24, 2.45) is 9.98 Å². The molecule has 2 atom stereocenters. The van der Waals surface area contributed by atoms with Crippen molar-refractivity contribution in [1.29, 1.82) is 0 Å². The minimum absolute atomic E-state index is 0. The average Bonchev–Trinajstić information content (AvgIpc) is 2.89. The van der Waals surface area contributed by atoms with Crippen molar-refractivity contribution in [1.82, 2.24) is 0 Å². The van der Waals surface area contributed by atoms with E-state index in [-0.39, 0.29) is 40.7 Å². The van der Waals surface area contributed by atoms with Gasteiger partial charge >= 0.3 is 0 Å². The summed E-state index contributed by atoms with van der Waals surface area (Å²) in [5.41, 5.74) is 1.20. The van der Waals surface area contributed by atoms with E-state index >= 15 is 0 Å². The van der Waals surface area contributed by atoms with E-state index < -0.39 is 5.97 Å². The molecule has 11 heteroatoms. The number of rotatable bonds is 0. The Kier molecular flexibility index (Phi) is 14.4. The Bertz CT molecular complexity index is 1010. The molecule has 1 aliphatic heterocycles. The maximum Gasteiger partial charge on any atom is 0.300 e. The number of benzene rings is 2. The van der Waals surface area contributed by atoms with Crippen molar-refractivity contribution in [2.75, 3.05) is 39.6 Å². The summed E-state index contributed by atoms with van der Waals surface area (Å²) in [6.07, 6.45) is 7.41. The standard InChI is InChI=1S/C26H32N2O6.C2H4O2.Mn/c29-25-19-5-3-9-23(25)33-15-13-31-11-12-32-14-16-34-24-10-4-6-20(26(24)30)18-28-22-8-2-1-7-21(22)27-17-19;1-2(3)4;/h3-6,9-10,17-18,21-22,29-30H,1-2,7-8,11-16H2;1H3,(H,3,4);. The van der Waals surface area contributed by atoms with E-state index in [1.54, 1.807) is 24.6 Å². The van der Waals surface area contributed by atoms with Crippen molar-refractivity contribution in [2.45, 2.75) is 44.7 Å². The first kappa shape index (κ1) is 32.1. The quantitative estimate of drug-likeness (QED) is 0.398. The molecule has 1 fully saturated rings. The van der Waals surface area contributed by atoms with Gasteiger partial charge in [-0.2, -0.15) is 0 Å². The van der Waals surface area contributed by atoms with Crippen LogP contribution in [-0.2, 0) is 31.3 Å². The number of phenolic OH excluding ortho intramolecular Hbond substituents is 2. The molecule has 0 amide bonds. The largest absolute Gasteiger partial charge is 0.504 e. The Morgan fingerprint density at radius 3 is 1.54 bits per heavy atom. The summed E-state index contributed by atoms with van der Waals surface area (Å²) in [4.78, 5) is 18.5. The molecular formula is C28H36MnN2O8. The van der Waals surface area contributed by atoms with Gasteiger partial charge in [0.1, 0.15) is 13.2 Å². The summed E-state index contributed by atoms with van der Waals surface area (Å²) in [6.45, 7) is 3.29. The molecular weight excluding hydrogens is 547 g/mol. The number of aliphatic carboxylic acids is 1. The van der Waals surface area contributed by atoms with Crippen LogP contribution in [0.2, 0.25) is 0 Å². The summed E-state index contributed by atoms with van der Waals surface area (Å²) in [5.74, 6) is 0.0944. The first-order chi connectivity index (χ1) is 18.5. The molecule has 1 saturated carbocycles. The monoisotopic (exact) mass is 583 g/mol. The maximum atomic E-state index is 10.6. The predicted molar refractivity (Wildman–Crippen MR) is 143 cm³/mol. The third kappa shape index (κ3) is 10.9. The summed E-state index contributed by atoms with van der Waals surface area (Å²) < 4.78 is 22.4. The number of fused-ring (bicyclic) bond motifs is 5. The predicted octanol–water partition coefficient (Wildman–Crippen LogP) is 3.84. The third-order valence-corrected chi connectivity index (χ3v) is 5.91. The minimum atomic E-state index is -0.833. The molecule has 2 aromatic carbocycles. The van der Waals surface area contributed by atoms with Crippen LogP contribution in [0.4, 0.5) is 0 Å². The van der Waals surface area contributed by atoms with Crippen molar-refractivity contribution in [3.05, 3.63) is 47.5 Å². The van der Waals surface area contributed by atoms with Gasteiger partial charge in [0.25, 0.3) is 5.97 Å². The molecule has 4 bridgehead atoms. The van der Waals surface area contributed by atoms with Gasteiger partial charge in [0.2, 0.25) is 0 Å². The summed E-state index contributed by atoms with van der Waals surface area (Å²) in [7, 11) is 0. The van der Waals surface area contributed by atoms with Crippen LogP contribution in [0.5, 0.6) is 23.0 Å². The van der Waals surface area contributed by atoms with Gasteiger partial charge in [-0.25, -0.2) is 0 Å². The second-order valence-corrected chi connectivity index (χ2v) is 8.80. The molecule has 2 aliphatic rings. The number of nitrogens with zero attached hydrogens (tertiary/aromatic N) is 2. The zero-order valence-corrected chi connectivity index (χ0v) is 23.2. The number of hydrogen-bond donors (Lipinski definition) is 3. The number of aromatic hydroxyl groups is 2. The summed E-state index contributed by atoms with van der Waals surface area (Å²) >= 11 is 0. The average molecular weight is 584 g/mol. The number of hydrogen-bond acceptors (Lipinski definition) is 9. The molecule has 39 heavy (non-hydrogen) atoms. The number of carbonyl (C=O) groups is 1. The van der Waals surface area contributed by atoms with Crippen LogP contribution in [-0.4, -0.2) is 85.4 Å². The SMILES string of the molecule is CC(=O)O.Oc1c2cccc1OCCOCCOCCOc1cccc(c1O)C=NC1CCCCC1N=C2.[Mn]. The summed E-state index contributed by atoms with van der Waals surface area (Å²) in [5, 5.41) is 28.7. The fraction of sp³-hybridized carbons (Fsp3) is 0.464. The van der Waals surface area contributed by atoms with E-state index in [0.29, 0.717) is 62.3 Å². The van der Waals surface area contributed by atoms with Crippen molar-refractivity contribution >= 4 is 18.4 Å². The fourth-order valence-electron chi connectivity index (χ4n) is 4.05. The number of carboxylic acid groups (broad SMARTS) is 1. The minimum Gasteiger partial charge on any atom is -0.504 e.